The fraction of sp³-hybridized carbons (Fsp3) is 0.273. The summed E-state index contributed by atoms with van der Waals surface area (Å²) in [6.45, 7) is 6.93. The van der Waals surface area contributed by atoms with Gasteiger partial charge in [-0.15, -0.1) is 0 Å². The Morgan fingerprint density at radius 3 is 2.71 bits per heavy atom. The van der Waals surface area contributed by atoms with Gasteiger partial charge in [-0.3, -0.25) is 9.36 Å². The van der Waals surface area contributed by atoms with E-state index in [0.29, 0.717) is 36.5 Å². The highest BCUT2D eigenvalue weighted by molar-refractivity contribution is 6.33. The largest absolute Gasteiger partial charge is 0.350 e. The number of carbonyl (C=O) groups is 1. The molecule has 0 spiro atoms. The molecule has 9 heteroatoms. The highest BCUT2D eigenvalue weighted by Gasteiger charge is 2.29. The van der Waals surface area contributed by atoms with E-state index in [4.69, 9.17) is 11.6 Å². The summed E-state index contributed by atoms with van der Waals surface area (Å²) >= 11 is 6.51. The molecule has 0 aliphatic carbocycles. The highest BCUT2D eigenvalue weighted by Crippen LogP contribution is 2.34. The number of rotatable bonds is 3. The van der Waals surface area contributed by atoms with Gasteiger partial charge in [0.2, 0.25) is 5.91 Å². The molecule has 31 heavy (non-hydrogen) atoms. The SMILES string of the molecule is C=CC(=O)N1CCN(c2nc(=O)n(C)c3nc(-c4ccccc4F)c(Cl)cc23)[C@@H](C)C1. The summed E-state index contributed by atoms with van der Waals surface area (Å²) in [5.74, 6) is -0.134. The van der Waals surface area contributed by atoms with Crippen molar-refractivity contribution in [3.05, 3.63) is 64.3 Å². The molecule has 4 rings (SSSR count). The topological polar surface area (TPSA) is 71.3 Å². The third-order valence-electron chi connectivity index (χ3n) is 5.52. The molecule has 1 aromatic carbocycles. The quantitative estimate of drug-likeness (QED) is 0.584. The number of piperazine rings is 1. The number of pyridine rings is 1. The summed E-state index contributed by atoms with van der Waals surface area (Å²) in [5.41, 5.74) is 0.391. The number of benzene rings is 1. The number of halogens is 2. The molecule has 1 saturated heterocycles. The van der Waals surface area contributed by atoms with Crippen molar-refractivity contribution in [1.82, 2.24) is 19.4 Å². The van der Waals surface area contributed by atoms with Crippen molar-refractivity contribution >= 4 is 34.4 Å². The monoisotopic (exact) mass is 441 g/mol. The number of nitrogens with zero attached hydrogens (tertiary/aromatic N) is 5. The minimum Gasteiger partial charge on any atom is -0.350 e. The Labute approximate surface area is 183 Å². The van der Waals surface area contributed by atoms with Crippen LogP contribution in [-0.2, 0) is 11.8 Å². The first-order valence-electron chi connectivity index (χ1n) is 9.82. The maximum Gasteiger partial charge on any atom is 0.350 e. The molecule has 0 N–H and O–H groups in total. The van der Waals surface area contributed by atoms with E-state index < -0.39 is 11.5 Å². The predicted molar refractivity (Wildman–Crippen MR) is 119 cm³/mol. The van der Waals surface area contributed by atoms with E-state index in [0.717, 1.165) is 0 Å². The molecule has 2 aromatic heterocycles. The average molecular weight is 442 g/mol. The zero-order valence-corrected chi connectivity index (χ0v) is 17.9. The van der Waals surface area contributed by atoms with E-state index in [9.17, 15) is 14.0 Å². The Bertz CT molecular complexity index is 1260. The molecule has 160 valence electrons. The van der Waals surface area contributed by atoms with E-state index in [1.807, 2.05) is 11.8 Å². The Balaban J connectivity index is 1.85. The maximum absolute atomic E-state index is 14.4. The third kappa shape index (κ3) is 3.67. The number of anilines is 1. The van der Waals surface area contributed by atoms with Crippen LogP contribution in [-0.4, -0.2) is 51.0 Å². The normalized spacial score (nSPS) is 16.6. The van der Waals surface area contributed by atoms with Crippen molar-refractivity contribution in [2.24, 2.45) is 7.05 Å². The van der Waals surface area contributed by atoms with Gasteiger partial charge in [-0.25, -0.2) is 14.2 Å². The van der Waals surface area contributed by atoms with Crippen LogP contribution in [0.3, 0.4) is 0 Å². The van der Waals surface area contributed by atoms with Crippen molar-refractivity contribution in [1.29, 1.82) is 0 Å². The Morgan fingerprint density at radius 2 is 2.03 bits per heavy atom. The first kappa shape index (κ1) is 21.0. The summed E-state index contributed by atoms with van der Waals surface area (Å²) < 4.78 is 15.7. The maximum atomic E-state index is 14.4. The summed E-state index contributed by atoms with van der Waals surface area (Å²) in [4.78, 5) is 37.1. The number of hydrogen-bond donors (Lipinski definition) is 0. The Hall–Kier alpha value is -3.26. The molecule has 0 bridgehead atoms. The molecule has 1 aliphatic rings. The van der Waals surface area contributed by atoms with Crippen LogP contribution in [0.4, 0.5) is 10.2 Å². The number of aryl methyl sites for hydroxylation is 1. The van der Waals surface area contributed by atoms with Crippen molar-refractivity contribution in [3.8, 4) is 11.3 Å². The third-order valence-corrected chi connectivity index (χ3v) is 5.81. The van der Waals surface area contributed by atoms with Crippen molar-refractivity contribution in [3.63, 3.8) is 0 Å². The summed E-state index contributed by atoms with van der Waals surface area (Å²) in [7, 11) is 1.57. The molecule has 1 aliphatic heterocycles. The first-order valence-corrected chi connectivity index (χ1v) is 10.2. The second-order valence-electron chi connectivity index (χ2n) is 7.48. The van der Waals surface area contributed by atoms with Gasteiger partial charge in [0.15, 0.2) is 0 Å². The van der Waals surface area contributed by atoms with Gasteiger partial charge in [0.1, 0.15) is 17.3 Å². The van der Waals surface area contributed by atoms with Crippen molar-refractivity contribution in [2.75, 3.05) is 24.5 Å². The molecule has 3 aromatic rings. The van der Waals surface area contributed by atoms with Gasteiger partial charge < -0.3 is 9.80 Å². The molecule has 1 fully saturated rings. The average Bonchev–Trinajstić information content (AvgIpc) is 2.76. The lowest BCUT2D eigenvalue weighted by atomic mass is 10.1. The number of fused-ring (bicyclic) bond motifs is 1. The number of amides is 1. The van der Waals surface area contributed by atoms with Crippen LogP contribution < -0.4 is 10.6 Å². The second-order valence-corrected chi connectivity index (χ2v) is 7.88. The first-order chi connectivity index (χ1) is 14.8. The van der Waals surface area contributed by atoms with Crippen LogP contribution in [0.15, 0.2) is 47.8 Å². The summed E-state index contributed by atoms with van der Waals surface area (Å²) in [6, 6.07) is 7.79. The number of carbonyl (C=O) groups excluding carboxylic acids is 1. The van der Waals surface area contributed by atoms with Gasteiger partial charge in [-0.1, -0.05) is 30.3 Å². The van der Waals surface area contributed by atoms with Crippen LogP contribution in [0, 0.1) is 5.82 Å². The van der Waals surface area contributed by atoms with Gasteiger partial charge in [0.05, 0.1) is 16.1 Å². The van der Waals surface area contributed by atoms with Gasteiger partial charge in [-0.05, 0) is 31.2 Å². The van der Waals surface area contributed by atoms with Crippen LogP contribution in [0.1, 0.15) is 6.92 Å². The van der Waals surface area contributed by atoms with E-state index in [1.54, 1.807) is 36.2 Å². The zero-order valence-electron chi connectivity index (χ0n) is 17.2. The number of hydrogen-bond acceptors (Lipinski definition) is 5. The smallest absolute Gasteiger partial charge is 0.350 e. The summed E-state index contributed by atoms with van der Waals surface area (Å²) in [6.07, 6.45) is 1.29. The minimum absolute atomic E-state index is 0.0922. The molecular weight excluding hydrogens is 421 g/mol. The Morgan fingerprint density at radius 1 is 1.29 bits per heavy atom. The van der Waals surface area contributed by atoms with Crippen LogP contribution in [0.5, 0.6) is 0 Å². The van der Waals surface area contributed by atoms with Crippen LogP contribution in [0.25, 0.3) is 22.3 Å². The molecule has 1 atom stereocenters. The van der Waals surface area contributed by atoms with Gasteiger partial charge in [0.25, 0.3) is 0 Å². The van der Waals surface area contributed by atoms with Gasteiger partial charge in [-0.2, -0.15) is 4.98 Å². The molecule has 0 saturated carbocycles. The lowest BCUT2D eigenvalue weighted by molar-refractivity contribution is -0.126. The van der Waals surface area contributed by atoms with Crippen molar-refractivity contribution < 1.29 is 9.18 Å². The minimum atomic E-state index is -0.478. The zero-order chi connectivity index (χ0) is 22.3. The van der Waals surface area contributed by atoms with E-state index >= 15 is 0 Å². The molecular formula is C22H21ClFN5O2. The molecule has 3 heterocycles. The van der Waals surface area contributed by atoms with Gasteiger partial charge in [0, 0.05) is 38.3 Å². The van der Waals surface area contributed by atoms with Crippen LogP contribution >= 0.6 is 11.6 Å². The predicted octanol–water partition coefficient (Wildman–Crippen LogP) is 3.01. The lowest BCUT2D eigenvalue weighted by Crippen LogP contribution is -2.54. The van der Waals surface area contributed by atoms with E-state index in [2.05, 4.69) is 16.5 Å². The van der Waals surface area contributed by atoms with E-state index in [1.165, 1.54) is 16.7 Å². The molecule has 0 unspecified atom stereocenters. The highest BCUT2D eigenvalue weighted by atomic mass is 35.5. The van der Waals surface area contributed by atoms with Crippen LogP contribution in [0.2, 0.25) is 5.02 Å². The fourth-order valence-electron chi connectivity index (χ4n) is 3.88. The van der Waals surface area contributed by atoms with E-state index in [-0.39, 0.29) is 28.2 Å². The summed E-state index contributed by atoms with van der Waals surface area (Å²) in [5, 5.41) is 0.843. The Kier molecular flexibility index (Phi) is 5.49. The number of aromatic nitrogens is 3. The lowest BCUT2D eigenvalue weighted by Gasteiger charge is -2.40. The second kappa shape index (κ2) is 8.11. The standard InChI is InChI=1S/C22H21ClFN5O2/c1-4-18(30)28-9-10-29(13(2)12-28)21-15-11-16(23)19(14-7-5-6-8-17(14)24)25-20(15)27(3)22(31)26-21/h4-8,11,13H,1,9-10,12H2,2-3H3/t13-/m0/s1. The molecule has 7 nitrogen and oxygen atoms in total. The molecule has 1 amide bonds. The molecule has 0 radical (unpaired) electrons. The van der Waals surface area contributed by atoms with Gasteiger partial charge >= 0.3 is 5.69 Å². The van der Waals surface area contributed by atoms with Crippen molar-refractivity contribution in [2.45, 2.75) is 13.0 Å². The fourth-order valence-corrected chi connectivity index (χ4v) is 4.13.